The summed E-state index contributed by atoms with van der Waals surface area (Å²) in [5.74, 6) is 0.750. The summed E-state index contributed by atoms with van der Waals surface area (Å²) in [6, 6.07) is 3.81. The molecule has 0 unspecified atom stereocenters. The second kappa shape index (κ2) is 5.61. The van der Waals surface area contributed by atoms with Gasteiger partial charge in [-0.25, -0.2) is 0 Å². The van der Waals surface area contributed by atoms with Crippen LogP contribution in [0.25, 0.3) is 5.70 Å². The van der Waals surface area contributed by atoms with Gasteiger partial charge >= 0.3 is 0 Å². The summed E-state index contributed by atoms with van der Waals surface area (Å²) in [5, 5.41) is 0. The minimum absolute atomic E-state index is 0.623. The SMILES string of the molecule is COc1ccc(Br)c(C)c1/C(N)=C/C=C\N. The fraction of sp³-hybridized carbons (Fsp3) is 0.167. The Hall–Kier alpha value is -1.42. The van der Waals surface area contributed by atoms with Crippen LogP contribution in [0, 0.1) is 6.92 Å². The monoisotopic (exact) mass is 282 g/mol. The lowest BCUT2D eigenvalue weighted by atomic mass is 10.0. The maximum absolute atomic E-state index is 5.98. The molecule has 1 aromatic carbocycles. The molecule has 0 radical (unpaired) electrons. The molecule has 1 rings (SSSR count). The van der Waals surface area contributed by atoms with Crippen molar-refractivity contribution in [2.45, 2.75) is 6.92 Å². The molecule has 0 aliphatic heterocycles. The van der Waals surface area contributed by atoms with Gasteiger partial charge in [0.1, 0.15) is 5.75 Å². The average molecular weight is 283 g/mol. The molecule has 86 valence electrons. The average Bonchev–Trinajstić information content (AvgIpc) is 2.29. The van der Waals surface area contributed by atoms with Crippen LogP contribution >= 0.6 is 15.9 Å². The number of benzene rings is 1. The molecule has 4 heteroatoms. The zero-order valence-electron chi connectivity index (χ0n) is 9.33. The molecule has 0 saturated heterocycles. The maximum atomic E-state index is 5.98. The summed E-state index contributed by atoms with van der Waals surface area (Å²) in [5.41, 5.74) is 13.8. The fourth-order valence-electron chi connectivity index (χ4n) is 1.43. The van der Waals surface area contributed by atoms with Gasteiger partial charge in [-0.3, -0.25) is 0 Å². The number of allylic oxidation sites excluding steroid dienone is 2. The highest BCUT2D eigenvalue weighted by Gasteiger charge is 2.11. The van der Waals surface area contributed by atoms with Gasteiger partial charge in [0, 0.05) is 15.7 Å². The Bertz CT molecular complexity index is 439. The van der Waals surface area contributed by atoms with Crippen molar-refractivity contribution in [3.8, 4) is 5.75 Å². The van der Waals surface area contributed by atoms with E-state index in [1.807, 2.05) is 19.1 Å². The van der Waals surface area contributed by atoms with Crippen LogP contribution < -0.4 is 16.2 Å². The second-order valence-corrected chi connectivity index (χ2v) is 4.11. The quantitative estimate of drug-likeness (QED) is 0.838. The van der Waals surface area contributed by atoms with E-state index < -0.39 is 0 Å². The van der Waals surface area contributed by atoms with Crippen LogP contribution in [-0.4, -0.2) is 7.11 Å². The molecule has 16 heavy (non-hydrogen) atoms. The third kappa shape index (κ3) is 2.58. The van der Waals surface area contributed by atoms with Crippen LogP contribution in [0.1, 0.15) is 11.1 Å². The number of methoxy groups -OCH3 is 1. The summed E-state index contributed by atoms with van der Waals surface area (Å²) in [7, 11) is 1.62. The van der Waals surface area contributed by atoms with Crippen molar-refractivity contribution in [3.63, 3.8) is 0 Å². The van der Waals surface area contributed by atoms with E-state index in [2.05, 4.69) is 15.9 Å². The minimum atomic E-state index is 0.623. The second-order valence-electron chi connectivity index (χ2n) is 3.26. The molecule has 0 bridgehead atoms. The molecule has 0 aliphatic carbocycles. The molecule has 0 amide bonds. The molecule has 0 spiro atoms. The van der Waals surface area contributed by atoms with Gasteiger partial charge in [0.15, 0.2) is 0 Å². The largest absolute Gasteiger partial charge is 0.496 e. The lowest BCUT2D eigenvalue weighted by Gasteiger charge is -2.13. The standard InChI is InChI=1S/C12H15BrN2O/c1-8-9(13)5-6-11(16-2)12(8)10(15)4-3-7-14/h3-7H,14-15H2,1-2H3/b7-3-,10-4-. The van der Waals surface area contributed by atoms with Crippen molar-refractivity contribution in [3.05, 3.63) is 46.1 Å². The Balaban J connectivity index is 3.35. The van der Waals surface area contributed by atoms with Crippen molar-refractivity contribution in [2.24, 2.45) is 11.5 Å². The Morgan fingerprint density at radius 2 is 2.12 bits per heavy atom. The van der Waals surface area contributed by atoms with Crippen LogP contribution in [-0.2, 0) is 0 Å². The van der Waals surface area contributed by atoms with Gasteiger partial charge in [-0.05, 0) is 43.0 Å². The first-order chi connectivity index (χ1) is 7.61. The molecular weight excluding hydrogens is 268 g/mol. The third-order valence-corrected chi connectivity index (χ3v) is 3.12. The molecule has 0 atom stereocenters. The number of ether oxygens (including phenoxy) is 1. The lowest BCUT2D eigenvalue weighted by Crippen LogP contribution is -2.02. The summed E-state index contributed by atoms with van der Waals surface area (Å²) < 4.78 is 6.28. The molecule has 3 nitrogen and oxygen atoms in total. The van der Waals surface area contributed by atoms with E-state index in [9.17, 15) is 0 Å². The van der Waals surface area contributed by atoms with E-state index in [0.29, 0.717) is 5.70 Å². The highest BCUT2D eigenvalue weighted by Crippen LogP contribution is 2.31. The smallest absolute Gasteiger partial charge is 0.128 e. The number of rotatable bonds is 3. The van der Waals surface area contributed by atoms with Crippen molar-refractivity contribution in [1.82, 2.24) is 0 Å². The summed E-state index contributed by atoms with van der Waals surface area (Å²) >= 11 is 3.46. The van der Waals surface area contributed by atoms with Crippen LogP contribution in [0.3, 0.4) is 0 Å². The highest BCUT2D eigenvalue weighted by atomic mass is 79.9. The van der Waals surface area contributed by atoms with E-state index in [-0.39, 0.29) is 0 Å². The molecule has 4 N–H and O–H groups in total. The third-order valence-electron chi connectivity index (χ3n) is 2.26. The van der Waals surface area contributed by atoms with Gasteiger partial charge in [-0.2, -0.15) is 0 Å². The first-order valence-electron chi connectivity index (χ1n) is 4.79. The number of nitrogens with two attached hydrogens (primary N) is 2. The Morgan fingerprint density at radius 3 is 2.69 bits per heavy atom. The van der Waals surface area contributed by atoms with Crippen molar-refractivity contribution in [1.29, 1.82) is 0 Å². The van der Waals surface area contributed by atoms with Gasteiger partial charge in [-0.1, -0.05) is 15.9 Å². The fourth-order valence-corrected chi connectivity index (χ4v) is 1.76. The molecule has 0 aromatic heterocycles. The van der Waals surface area contributed by atoms with Crippen LogP contribution in [0.5, 0.6) is 5.75 Å². The van der Waals surface area contributed by atoms with E-state index >= 15 is 0 Å². The summed E-state index contributed by atoms with van der Waals surface area (Å²) in [6.07, 6.45) is 4.87. The molecule has 0 heterocycles. The molecule has 0 saturated carbocycles. The predicted molar refractivity (Wildman–Crippen MR) is 70.9 cm³/mol. The Morgan fingerprint density at radius 1 is 1.44 bits per heavy atom. The van der Waals surface area contributed by atoms with Gasteiger partial charge in [0.05, 0.1) is 7.11 Å². The van der Waals surface area contributed by atoms with E-state index in [0.717, 1.165) is 21.3 Å². The van der Waals surface area contributed by atoms with Gasteiger partial charge in [0.2, 0.25) is 0 Å². The minimum Gasteiger partial charge on any atom is -0.496 e. The predicted octanol–water partition coefficient (Wildman–Crippen LogP) is 2.54. The summed E-state index contributed by atoms with van der Waals surface area (Å²) in [6.45, 7) is 1.98. The number of halogens is 1. The van der Waals surface area contributed by atoms with Crippen molar-refractivity contribution >= 4 is 21.6 Å². The van der Waals surface area contributed by atoms with E-state index in [1.54, 1.807) is 19.3 Å². The molecule has 0 fully saturated rings. The maximum Gasteiger partial charge on any atom is 0.128 e. The van der Waals surface area contributed by atoms with Crippen LogP contribution in [0.4, 0.5) is 0 Å². The van der Waals surface area contributed by atoms with Gasteiger partial charge in [-0.15, -0.1) is 0 Å². The van der Waals surface area contributed by atoms with Crippen molar-refractivity contribution in [2.75, 3.05) is 7.11 Å². The Kier molecular flexibility index (Phi) is 4.43. The van der Waals surface area contributed by atoms with Gasteiger partial charge in [0.25, 0.3) is 0 Å². The van der Waals surface area contributed by atoms with Crippen LogP contribution in [0.2, 0.25) is 0 Å². The van der Waals surface area contributed by atoms with E-state index in [4.69, 9.17) is 16.2 Å². The first kappa shape index (κ1) is 12.6. The molecular formula is C12H15BrN2O. The topological polar surface area (TPSA) is 61.3 Å². The normalized spacial score (nSPS) is 12.1. The highest BCUT2D eigenvalue weighted by molar-refractivity contribution is 9.10. The van der Waals surface area contributed by atoms with E-state index in [1.165, 1.54) is 6.20 Å². The number of hydrogen-bond donors (Lipinski definition) is 2. The zero-order valence-corrected chi connectivity index (χ0v) is 10.9. The number of hydrogen-bond acceptors (Lipinski definition) is 3. The summed E-state index contributed by atoms with van der Waals surface area (Å²) in [4.78, 5) is 0. The first-order valence-corrected chi connectivity index (χ1v) is 5.58. The molecule has 0 aliphatic rings. The zero-order chi connectivity index (χ0) is 12.1. The lowest BCUT2D eigenvalue weighted by molar-refractivity contribution is 0.413. The van der Waals surface area contributed by atoms with Gasteiger partial charge < -0.3 is 16.2 Å². The van der Waals surface area contributed by atoms with Crippen LogP contribution in [0.15, 0.2) is 35.0 Å². The molecule has 1 aromatic rings. The van der Waals surface area contributed by atoms with Crippen molar-refractivity contribution < 1.29 is 4.74 Å². The Labute approximate surface area is 104 Å².